The van der Waals surface area contributed by atoms with E-state index in [-0.39, 0.29) is 90.0 Å². The van der Waals surface area contributed by atoms with E-state index >= 15 is 0 Å². The van der Waals surface area contributed by atoms with Crippen LogP contribution in [0.15, 0.2) is 16.8 Å². The Hall–Kier alpha value is -6.73. The summed E-state index contributed by atoms with van der Waals surface area (Å²) >= 11 is 0. The monoisotopic (exact) mass is 1040 g/mol. The molecule has 8 atom stereocenters. The van der Waals surface area contributed by atoms with Crippen molar-refractivity contribution in [2.75, 3.05) is 52.4 Å². The van der Waals surface area contributed by atoms with Crippen molar-refractivity contribution in [3.8, 4) is 0 Å². The molecule has 2 unspecified atom stereocenters. The summed E-state index contributed by atoms with van der Waals surface area (Å²) in [5, 5.41) is 39.7. The van der Waals surface area contributed by atoms with Crippen molar-refractivity contribution >= 4 is 65.2 Å². The van der Waals surface area contributed by atoms with Gasteiger partial charge < -0.3 is 104 Å². The Bertz CT molecular complexity index is 1900. The third-order valence-corrected chi connectivity index (χ3v) is 11.3. The lowest BCUT2D eigenvalue weighted by atomic mass is 10.0. The third-order valence-electron chi connectivity index (χ3n) is 11.3. The number of likely N-dealkylation sites (tertiary alicyclic amines) is 1. The quantitative estimate of drug-likeness (QED) is 0.0120. The van der Waals surface area contributed by atoms with Gasteiger partial charge in [0, 0.05) is 26.2 Å². The highest BCUT2D eigenvalue weighted by Gasteiger charge is 2.39. The Labute approximate surface area is 423 Å². The number of nitrogens with one attached hydrogen (secondary N) is 8. The minimum absolute atomic E-state index is 0.00224. The third kappa shape index (κ3) is 25.0. The normalized spacial score (nSPS) is 16.2. The van der Waals surface area contributed by atoms with Crippen LogP contribution in [-0.2, 0) is 43.2 Å². The van der Waals surface area contributed by atoms with Crippen molar-refractivity contribution in [3.05, 3.63) is 11.8 Å². The molecule has 0 spiro atoms. The zero-order valence-corrected chi connectivity index (χ0v) is 41.5. The maximum Gasteiger partial charge on any atom is 0.352 e. The summed E-state index contributed by atoms with van der Waals surface area (Å²) in [7, 11) is 0. The van der Waals surface area contributed by atoms with Crippen LogP contribution in [0.25, 0.3) is 0 Å². The van der Waals surface area contributed by atoms with Crippen molar-refractivity contribution in [1.29, 1.82) is 0 Å². The molecule has 0 saturated carbocycles. The summed E-state index contributed by atoms with van der Waals surface area (Å²) in [5.41, 5.74) is 43.7. The zero-order valence-electron chi connectivity index (χ0n) is 41.5. The van der Waals surface area contributed by atoms with Crippen LogP contribution in [0.5, 0.6) is 0 Å². The average Bonchev–Trinajstić information content (AvgIpc) is 3.84. The highest BCUT2D eigenvalue weighted by atomic mass is 16.4. The summed E-state index contributed by atoms with van der Waals surface area (Å²) in [6.07, 6.45) is 2.72. The lowest BCUT2D eigenvalue weighted by molar-refractivity contribution is -0.142. The van der Waals surface area contributed by atoms with Crippen molar-refractivity contribution < 1.29 is 58.2 Å². The van der Waals surface area contributed by atoms with Crippen LogP contribution >= 0.6 is 0 Å². The number of rotatable bonds is 36. The second-order valence-electron chi connectivity index (χ2n) is 17.2. The summed E-state index contributed by atoms with van der Waals surface area (Å²) in [6.45, 7) is 1.06. The highest BCUT2D eigenvalue weighted by Crippen LogP contribution is 2.20. The number of hydrogen-bond donors (Lipinski definition) is 18. The summed E-state index contributed by atoms with van der Waals surface area (Å²) in [4.78, 5) is 136. The molecule has 1 aliphatic heterocycles. The number of amides is 10. The van der Waals surface area contributed by atoms with Gasteiger partial charge in [0.25, 0.3) is 0 Å². The number of aliphatic hydroxyl groups excluding tert-OH is 1. The van der Waals surface area contributed by atoms with Gasteiger partial charge in [0.1, 0.15) is 41.9 Å². The molecule has 414 valence electrons. The van der Waals surface area contributed by atoms with Crippen molar-refractivity contribution in [3.63, 3.8) is 0 Å². The number of primary amides is 1. The van der Waals surface area contributed by atoms with Gasteiger partial charge in [0.05, 0.1) is 18.7 Å². The topological polar surface area (TPSA) is 531 Å². The van der Waals surface area contributed by atoms with E-state index in [0.717, 1.165) is 0 Å². The molecular weight excluding hydrogens is 961 g/mol. The minimum Gasteiger partial charge on any atom is -0.477 e. The van der Waals surface area contributed by atoms with Crippen LogP contribution in [0.1, 0.15) is 90.4 Å². The summed E-state index contributed by atoms with van der Waals surface area (Å²) in [5.74, 6) is -8.21. The van der Waals surface area contributed by atoms with Crippen LogP contribution < -0.4 is 88.4 Å². The average molecular weight is 1040 g/mol. The van der Waals surface area contributed by atoms with Gasteiger partial charge in [-0.05, 0) is 104 Å². The minimum atomic E-state index is -1.57. The number of nitrogens with two attached hydrogens (primary N) is 8. The van der Waals surface area contributed by atoms with Crippen LogP contribution in [0.2, 0.25) is 0 Å². The molecule has 0 aliphatic carbocycles. The lowest BCUT2D eigenvalue weighted by Gasteiger charge is -2.30. The Morgan fingerprint density at radius 3 is 1.92 bits per heavy atom. The number of hydrogen-bond acceptors (Lipinski definition) is 17. The molecule has 1 rings (SSSR count). The van der Waals surface area contributed by atoms with E-state index in [1.165, 1.54) is 17.9 Å². The number of unbranched alkanes of at least 4 members (excludes halogenated alkanes) is 2. The number of nitrogens with zero attached hydrogens (tertiary/aromatic N) is 2. The summed E-state index contributed by atoms with van der Waals surface area (Å²) < 4.78 is 0. The van der Waals surface area contributed by atoms with Crippen molar-refractivity contribution in [2.45, 2.75) is 139 Å². The number of carboxylic acid groups (broad SMARTS) is 1. The Balaban J connectivity index is 3.20. The van der Waals surface area contributed by atoms with Gasteiger partial charge >= 0.3 is 12.0 Å². The van der Waals surface area contributed by atoms with E-state index in [2.05, 4.69) is 47.5 Å². The molecule has 0 aromatic heterocycles. The molecule has 30 nitrogen and oxygen atoms in total. The molecule has 1 aliphatic rings. The van der Waals surface area contributed by atoms with Gasteiger partial charge in [0.2, 0.25) is 47.3 Å². The first-order chi connectivity index (χ1) is 34.6. The van der Waals surface area contributed by atoms with Gasteiger partial charge in [-0.15, -0.1) is 0 Å². The van der Waals surface area contributed by atoms with Crippen molar-refractivity contribution in [2.24, 2.45) is 50.9 Å². The largest absolute Gasteiger partial charge is 0.477 e. The number of carboxylic acids is 1. The van der Waals surface area contributed by atoms with Crippen LogP contribution in [-0.4, -0.2) is 181 Å². The van der Waals surface area contributed by atoms with Gasteiger partial charge in [-0.3, -0.25) is 43.3 Å². The number of urea groups is 1. The molecule has 0 bridgehead atoms. The molecule has 0 aromatic carbocycles. The first-order valence-electron chi connectivity index (χ1n) is 24.3. The van der Waals surface area contributed by atoms with Gasteiger partial charge in [-0.1, -0.05) is 12.5 Å². The fourth-order valence-electron chi connectivity index (χ4n) is 7.29. The predicted octanol–water partition coefficient (Wildman–Crippen LogP) is -7.62. The standard InChI is InChI=1S/C43H80N18O12/c1-24(55-39(69)33(31(62)22-47)60-35(65)25(48)10-2-4-16-44)34(64)54-23-32(63)56-28(12-6-18-46)40(70)61-21-9-15-30(61)38(68)58-27(13-7-20-53-43(51)73)36(66)57-26(11-3-5-17-45)37(67)59-29(41(71)72)14-8-19-52-42(49)50/h14,24-28,30-31,33,62H,2-13,15-23,44-48H2,1H3,(H,54,64)(H,55,69)(H,56,63)(H,57,66)(H,58,68)(H,59,67)(H,60,65)(H,71,72)(H4,49,50,52)(H3,51,53,73)/b29-14-/t24?,25-,26-,27?,28+,30-,31-,33-/m0/s1. The van der Waals surface area contributed by atoms with Gasteiger partial charge in [0.15, 0.2) is 5.96 Å². The zero-order chi connectivity index (χ0) is 55.0. The molecule has 1 saturated heterocycles. The van der Waals surface area contributed by atoms with Crippen LogP contribution in [0.4, 0.5) is 4.79 Å². The Morgan fingerprint density at radius 2 is 1.32 bits per heavy atom. The van der Waals surface area contributed by atoms with Crippen molar-refractivity contribution in [1.82, 2.24) is 47.4 Å². The molecule has 10 amide bonds. The van der Waals surface area contributed by atoms with E-state index in [1.807, 2.05) is 0 Å². The highest BCUT2D eigenvalue weighted by molar-refractivity contribution is 5.99. The maximum atomic E-state index is 14.1. The van der Waals surface area contributed by atoms with E-state index in [4.69, 9.17) is 45.9 Å². The molecule has 0 radical (unpaired) electrons. The van der Waals surface area contributed by atoms with Gasteiger partial charge in [-0.25, -0.2) is 9.59 Å². The lowest BCUT2D eigenvalue weighted by Crippen LogP contribution is -2.60. The van der Waals surface area contributed by atoms with Gasteiger partial charge in [-0.2, -0.15) is 0 Å². The summed E-state index contributed by atoms with van der Waals surface area (Å²) in [6, 6.07) is -9.76. The number of guanidine groups is 1. The first-order valence-corrected chi connectivity index (χ1v) is 24.3. The van der Waals surface area contributed by atoms with Crippen LogP contribution in [0, 0.1) is 0 Å². The smallest absolute Gasteiger partial charge is 0.352 e. The van der Waals surface area contributed by atoms with E-state index < -0.39 is 126 Å². The van der Waals surface area contributed by atoms with E-state index in [1.54, 1.807) is 0 Å². The molecule has 0 aromatic rings. The number of aliphatic imine (C=N–C) groups is 1. The molecular formula is C43H80N18O12. The second-order valence-corrected chi connectivity index (χ2v) is 17.2. The Kier molecular flexibility index (Phi) is 31.2. The van der Waals surface area contributed by atoms with Crippen LogP contribution in [0.3, 0.4) is 0 Å². The number of carbonyl (C=O) groups excluding carboxylic acids is 9. The number of carbonyl (C=O) groups is 10. The van der Waals surface area contributed by atoms with E-state index in [0.29, 0.717) is 38.6 Å². The number of aliphatic carboxylic acids is 1. The predicted molar refractivity (Wildman–Crippen MR) is 266 cm³/mol. The van der Waals surface area contributed by atoms with E-state index in [9.17, 15) is 58.2 Å². The molecule has 26 N–H and O–H groups in total. The number of aliphatic hydroxyl groups is 1. The Morgan fingerprint density at radius 1 is 0.699 bits per heavy atom. The fourth-order valence-corrected chi connectivity index (χ4v) is 7.29. The molecule has 30 heteroatoms. The molecule has 1 fully saturated rings. The maximum absolute atomic E-state index is 14.1. The molecule has 73 heavy (non-hydrogen) atoms. The SMILES string of the molecule is CC(NC(=O)[C@@H](NC(=O)[C@@H](N)CCCCN)[C@@H](O)CN)C(=O)NCC(=O)N[C@H](CCCN)C(=O)N1CCC[C@H]1C(=O)NC(CCCNC(N)=O)C(=O)N[C@@H](CCCCN)C(=O)N/C(=C\CCN=C(N)N)C(=O)O. The first kappa shape index (κ1) is 64.3. The second kappa shape index (κ2) is 35.4. The fraction of sp³-hybridized carbons (Fsp3) is 0.698. The molecule has 1 heterocycles.